The number of nitrogens with zero attached hydrogens (tertiary/aromatic N) is 1. The van der Waals surface area contributed by atoms with Crippen molar-refractivity contribution in [3.05, 3.63) is 72.1 Å². The lowest BCUT2D eigenvalue weighted by Crippen LogP contribution is -2.62. The van der Waals surface area contributed by atoms with Crippen LogP contribution in [0.25, 0.3) is 21.8 Å². The predicted octanol–water partition coefficient (Wildman–Crippen LogP) is -6.56. The van der Waals surface area contributed by atoms with Crippen molar-refractivity contribution >= 4 is 110 Å². The molecule has 4 heterocycles. The zero-order valence-electron chi connectivity index (χ0n) is 50.3. The molecule has 2 aliphatic heterocycles. The number of rotatable bonds is 16. The third-order valence-corrected chi connectivity index (χ3v) is 15.1. The number of hydrogen-bond acceptors (Lipinski definition) is 17. The molecule has 92 heavy (non-hydrogen) atoms. The van der Waals surface area contributed by atoms with E-state index in [1.165, 1.54) is 6.20 Å². The van der Waals surface area contributed by atoms with Crippen molar-refractivity contribution in [3.63, 3.8) is 0 Å². The van der Waals surface area contributed by atoms with Gasteiger partial charge in [0.25, 0.3) is 0 Å². The van der Waals surface area contributed by atoms with Gasteiger partial charge in [-0.25, -0.2) is 0 Å². The van der Waals surface area contributed by atoms with Crippen molar-refractivity contribution in [1.82, 2.24) is 68.0 Å². The zero-order chi connectivity index (χ0) is 67.7. The van der Waals surface area contributed by atoms with Crippen LogP contribution in [0.3, 0.4) is 0 Å². The normalized spacial score (nSPS) is 24.7. The van der Waals surface area contributed by atoms with E-state index >= 15 is 0 Å². The maximum atomic E-state index is 14.7. The summed E-state index contributed by atoms with van der Waals surface area (Å²) < 4.78 is 0. The lowest BCUT2D eigenvalue weighted by Gasteiger charge is -2.32. The van der Waals surface area contributed by atoms with Crippen molar-refractivity contribution in [3.8, 4) is 0 Å². The number of benzene rings is 2. The Kier molecular flexibility index (Phi) is 24.8. The molecule has 2 saturated heterocycles. The topological polar surface area (TPSA) is 550 Å². The van der Waals surface area contributed by atoms with Crippen LogP contribution in [0.15, 0.2) is 60.9 Å². The number of aromatic amines is 2. The second kappa shape index (κ2) is 32.3. The molecule has 6 rings (SSSR count). The SMILES string of the molecule is CC(C)C[C@@H]1NC(=O)[C@H](Cc2c[nH]c3ccccc23)NC(=O)[C@@H]2CCCN2C(=O)[C@H]([C@H](C)O)NC(=O)[C@H](CO)NC(=O)[C@H](Cc2c[nH]c3ccccc23)NC(=O)[C@H](CC(N)=O)NC(=O)[C@H](CC(N)=O)NC(=O)[C@H](CC(=O)O)NC(=O)CNC(=O)[C@H](CC(N)=O)NC1=O. The van der Waals surface area contributed by atoms with Gasteiger partial charge in [0, 0.05) is 53.6 Å². The molecular weight excluding hydrogens is 1210 g/mol. The number of carboxylic acid groups (broad SMARTS) is 1. The fourth-order valence-electron chi connectivity index (χ4n) is 10.5. The van der Waals surface area contributed by atoms with E-state index in [1.54, 1.807) is 68.6 Å². The Hall–Kier alpha value is -10.5. The first-order valence-electron chi connectivity index (χ1n) is 29.3. The summed E-state index contributed by atoms with van der Waals surface area (Å²) in [5.41, 5.74) is 18.5. The number of aliphatic carboxylic acids is 1. The van der Waals surface area contributed by atoms with E-state index in [0.29, 0.717) is 32.9 Å². The maximum Gasteiger partial charge on any atom is 0.305 e. The highest BCUT2D eigenvalue weighted by Crippen LogP contribution is 2.24. The number of aliphatic hydroxyl groups excluding tert-OH is 2. The molecule has 0 radical (unpaired) electrons. The Morgan fingerprint density at radius 1 is 0.522 bits per heavy atom. The van der Waals surface area contributed by atoms with Crippen LogP contribution in [0.2, 0.25) is 0 Å². The van der Waals surface area contributed by atoms with Gasteiger partial charge < -0.3 is 101 Å². The lowest BCUT2D eigenvalue weighted by molar-refractivity contribution is -0.145. The van der Waals surface area contributed by atoms with E-state index in [9.17, 15) is 87.2 Å². The number of nitrogens with two attached hydrogens (primary N) is 3. The van der Waals surface area contributed by atoms with E-state index in [4.69, 9.17) is 17.2 Å². The molecule has 2 aromatic carbocycles. The summed E-state index contributed by atoms with van der Waals surface area (Å²) in [6, 6.07) is -4.47. The average molecular weight is 1290 g/mol. The van der Waals surface area contributed by atoms with Crippen molar-refractivity contribution in [1.29, 1.82) is 0 Å². The van der Waals surface area contributed by atoms with Crippen LogP contribution in [-0.2, 0) is 84.8 Å². The molecule has 2 aromatic heterocycles. The van der Waals surface area contributed by atoms with Crippen LogP contribution in [0.5, 0.6) is 0 Å². The predicted molar refractivity (Wildman–Crippen MR) is 321 cm³/mol. The van der Waals surface area contributed by atoms with Gasteiger partial charge in [-0.05, 0) is 55.4 Å². The Balaban J connectivity index is 1.40. The number of aliphatic hydroxyl groups is 2. The Morgan fingerprint density at radius 3 is 1.38 bits per heavy atom. The van der Waals surface area contributed by atoms with Crippen LogP contribution < -0.4 is 70.4 Å². The average Bonchev–Trinajstić information content (AvgIpc) is 1.72. The quantitative estimate of drug-likeness (QED) is 0.0496. The first-order chi connectivity index (χ1) is 43.5. The second-order valence-electron chi connectivity index (χ2n) is 22.7. The number of carbonyl (C=O) groups is 15. The number of carboxylic acids is 1. The fraction of sp³-hybridized carbons (Fsp3) is 0.466. The third kappa shape index (κ3) is 19.5. The van der Waals surface area contributed by atoms with Crippen molar-refractivity contribution < 1.29 is 87.2 Å². The molecule has 4 aromatic rings. The summed E-state index contributed by atoms with van der Waals surface area (Å²) in [6.07, 6.45) is -3.43. The highest BCUT2D eigenvalue weighted by atomic mass is 16.4. The van der Waals surface area contributed by atoms with Gasteiger partial charge in [0.2, 0.25) is 82.7 Å². The Bertz CT molecular complexity index is 3480. The first-order valence-corrected chi connectivity index (χ1v) is 29.3. The molecule has 0 saturated carbocycles. The third-order valence-electron chi connectivity index (χ3n) is 15.1. The number of para-hydroxylation sites is 2. The Labute approximate surface area is 524 Å². The van der Waals surface area contributed by atoms with Gasteiger partial charge in [-0.1, -0.05) is 50.2 Å². The molecule has 2 fully saturated rings. The van der Waals surface area contributed by atoms with Crippen molar-refractivity contribution in [2.45, 2.75) is 145 Å². The number of nitrogens with one attached hydrogen (secondary N) is 12. The van der Waals surface area contributed by atoms with Crippen LogP contribution >= 0.6 is 0 Å². The molecular formula is C58H76N16O18. The highest BCUT2D eigenvalue weighted by molar-refractivity contribution is 6.02. The number of aromatic nitrogens is 2. The van der Waals surface area contributed by atoms with Gasteiger partial charge in [-0.15, -0.1) is 0 Å². The number of hydrogen-bond donors (Lipinski definition) is 18. The van der Waals surface area contributed by atoms with Crippen LogP contribution in [0.4, 0.5) is 0 Å². The summed E-state index contributed by atoms with van der Waals surface area (Å²) in [7, 11) is 0. The van der Waals surface area contributed by atoms with Gasteiger partial charge in [-0.3, -0.25) is 71.9 Å². The number of primary amides is 3. The summed E-state index contributed by atoms with van der Waals surface area (Å²) >= 11 is 0. The smallest absolute Gasteiger partial charge is 0.305 e. The van der Waals surface area contributed by atoms with Crippen LogP contribution in [0, 0.1) is 5.92 Å². The minimum atomic E-state index is -2.11. The number of H-pyrrole nitrogens is 2. The second-order valence-corrected chi connectivity index (χ2v) is 22.7. The fourth-order valence-corrected chi connectivity index (χ4v) is 10.5. The van der Waals surface area contributed by atoms with Gasteiger partial charge in [0.1, 0.15) is 60.4 Å². The van der Waals surface area contributed by atoms with E-state index in [2.05, 4.69) is 63.1 Å². The van der Waals surface area contributed by atoms with Gasteiger partial charge in [0.15, 0.2) is 0 Å². The van der Waals surface area contributed by atoms with Crippen molar-refractivity contribution in [2.24, 2.45) is 23.1 Å². The minimum Gasteiger partial charge on any atom is -0.481 e. The number of fused-ring (bicyclic) bond motifs is 3. The molecule has 34 nitrogen and oxygen atoms in total. The zero-order valence-corrected chi connectivity index (χ0v) is 50.3. The summed E-state index contributed by atoms with van der Waals surface area (Å²) in [6.45, 7) is 2.14. The Morgan fingerprint density at radius 2 is 0.924 bits per heavy atom. The standard InChI is InChI=1S/C58H76N16O18/c1-26(2)15-34-50(84)68-37(18-43(59)77)49(83)64-24-46(80)65-40(21-47(81)82)55(89)70-39(20-45(61)79)54(88)69-38(19-44(60)78)53(87)67-35(16-28-22-62-32-11-6-4-9-30(28)32)52(86)72-41(25-75)56(90)73-48(27(3)76)58(92)74-14-8-13-42(74)57(91)71-36(51(85)66-34)17-29-23-63-33-12-7-5-10-31(29)33/h4-7,9-12,22-23,26-27,34-42,48,62-63,75-76H,8,13-21,24-25H2,1-3H3,(H2,59,77)(H2,60,78)(H2,61,79)(H,64,83)(H,65,80)(H,66,85)(H,67,87)(H,68,84)(H,69,88)(H,70,89)(H,71,91)(H,72,86)(H,73,90)(H,81,82)/t27-,34-,35-,36-,37-,38-,39-,40-,41-,42-,48-/m0/s1. The molecule has 496 valence electrons. The van der Waals surface area contributed by atoms with E-state index in [1.807, 2.05) is 0 Å². The van der Waals surface area contributed by atoms with E-state index < -0.39 is 200 Å². The molecule has 2 aliphatic rings. The monoisotopic (exact) mass is 1280 g/mol. The molecule has 0 bridgehead atoms. The highest BCUT2D eigenvalue weighted by Gasteiger charge is 2.43. The van der Waals surface area contributed by atoms with Gasteiger partial charge in [0.05, 0.1) is 44.9 Å². The molecule has 0 aliphatic carbocycles. The summed E-state index contributed by atoms with van der Waals surface area (Å²) in [4.78, 5) is 212. The van der Waals surface area contributed by atoms with Crippen LogP contribution in [-0.4, -0.2) is 205 Å². The van der Waals surface area contributed by atoms with Crippen molar-refractivity contribution in [2.75, 3.05) is 19.7 Å². The number of amides is 14. The lowest BCUT2D eigenvalue weighted by atomic mass is 10.00. The van der Waals surface area contributed by atoms with E-state index in [-0.39, 0.29) is 38.1 Å². The summed E-state index contributed by atoms with van der Waals surface area (Å²) in [5.74, 6) is -18.8. The van der Waals surface area contributed by atoms with Crippen LogP contribution in [0.1, 0.15) is 76.8 Å². The maximum absolute atomic E-state index is 14.7. The molecule has 0 spiro atoms. The minimum absolute atomic E-state index is 0.00243. The number of carbonyl (C=O) groups excluding carboxylic acids is 14. The molecule has 11 atom stereocenters. The molecule has 14 amide bonds. The van der Waals surface area contributed by atoms with Gasteiger partial charge in [-0.2, -0.15) is 0 Å². The van der Waals surface area contributed by atoms with E-state index in [0.717, 1.165) is 11.8 Å². The first kappa shape index (κ1) is 70.6. The molecule has 21 N–H and O–H groups in total. The summed E-state index contributed by atoms with van der Waals surface area (Å²) in [5, 5.41) is 55.7. The largest absolute Gasteiger partial charge is 0.481 e. The van der Waals surface area contributed by atoms with Gasteiger partial charge >= 0.3 is 5.97 Å². The molecule has 0 unspecified atom stereocenters. The molecule has 34 heteroatoms.